The van der Waals surface area contributed by atoms with Gasteiger partial charge in [0.1, 0.15) is 5.82 Å². The molecule has 130 valence electrons. The minimum absolute atomic E-state index is 0.115. The first-order valence-electron chi connectivity index (χ1n) is 9.30. The van der Waals surface area contributed by atoms with Gasteiger partial charge in [-0.2, -0.15) is 5.10 Å². The summed E-state index contributed by atoms with van der Waals surface area (Å²) in [5.41, 5.74) is 2.59. The topological polar surface area (TPSA) is 63.1 Å². The maximum atomic E-state index is 13.0. The van der Waals surface area contributed by atoms with E-state index in [0.717, 1.165) is 50.7 Å². The zero-order valence-electron chi connectivity index (χ0n) is 14.3. The van der Waals surface area contributed by atoms with Crippen LogP contribution in [0.25, 0.3) is 0 Å². The molecule has 1 fully saturated rings. The highest BCUT2D eigenvalue weighted by Gasteiger charge is 2.32. The van der Waals surface area contributed by atoms with Crippen molar-refractivity contribution < 1.29 is 4.79 Å². The first-order chi connectivity index (χ1) is 12.3. The molecule has 6 heteroatoms. The van der Waals surface area contributed by atoms with Crippen LogP contribution < -0.4 is 5.32 Å². The average molecular weight is 337 g/mol. The van der Waals surface area contributed by atoms with Gasteiger partial charge >= 0.3 is 0 Å². The Balaban J connectivity index is 1.27. The summed E-state index contributed by atoms with van der Waals surface area (Å²) in [4.78, 5) is 19.7. The Kier molecular flexibility index (Phi) is 3.59. The monoisotopic (exact) mass is 337 g/mol. The zero-order valence-corrected chi connectivity index (χ0v) is 14.3. The second kappa shape index (κ2) is 5.95. The van der Waals surface area contributed by atoms with Crippen LogP contribution in [-0.2, 0) is 30.7 Å². The lowest BCUT2D eigenvalue weighted by Crippen LogP contribution is -2.50. The number of hydrogen-bond acceptors (Lipinski definition) is 4. The predicted octanol–water partition coefficient (Wildman–Crippen LogP) is 1.25. The molecule has 1 aromatic carbocycles. The SMILES string of the molecule is O=C([C@H]1Cc2ccccc2CN1)N1CCc2nc(C3CC3)nn2CC1. The molecule has 0 unspecified atom stereocenters. The van der Waals surface area contributed by atoms with Gasteiger partial charge in [0, 0.05) is 32.0 Å². The van der Waals surface area contributed by atoms with Crippen molar-refractivity contribution in [2.24, 2.45) is 0 Å². The number of rotatable bonds is 2. The summed E-state index contributed by atoms with van der Waals surface area (Å²) in [6, 6.07) is 8.27. The molecule has 3 heterocycles. The van der Waals surface area contributed by atoms with Crippen molar-refractivity contribution in [2.45, 2.75) is 50.7 Å². The van der Waals surface area contributed by atoms with E-state index in [9.17, 15) is 4.79 Å². The fraction of sp³-hybridized carbons (Fsp3) is 0.526. The average Bonchev–Trinajstić information content (AvgIpc) is 3.45. The van der Waals surface area contributed by atoms with Crippen molar-refractivity contribution in [3.8, 4) is 0 Å². The van der Waals surface area contributed by atoms with Crippen molar-refractivity contribution in [1.29, 1.82) is 0 Å². The molecular formula is C19H23N5O. The number of amides is 1. The molecule has 1 aliphatic carbocycles. The number of carbonyl (C=O) groups is 1. The van der Waals surface area contributed by atoms with Gasteiger partial charge in [-0.1, -0.05) is 24.3 Å². The number of hydrogen-bond donors (Lipinski definition) is 1. The first kappa shape index (κ1) is 15.1. The quantitative estimate of drug-likeness (QED) is 0.896. The van der Waals surface area contributed by atoms with Gasteiger partial charge in [0.05, 0.1) is 12.6 Å². The molecule has 0 bridgehead atoms. The van der Waals surface area contributed by atoms with Crippen LogP contribution in [0.3, 0.4) is 0 Å². The number of benzene rings is 1. The summed E-state index contributed by atoms with van der Waals surface area (Å²) in [6.07, 6.45) is 4.03. The third kappa shape index (κ3) is 2.84. The first-order valence-corrected chi connectivity index (χ1v) is 9.30. The Labute approximate surface area is 147 Å². The van der Waals surface area contributed by atoms with Crippen LogP contribution in [-0.4, -0.2) is 44.7 Å². The maximum absolute atomic E-state index is 13.0. The van der Waals surface area contributed by atoms with Gasteiger partial charge in [-0.3, -0.25) is 4.79 Å². The molecule has 2 aromatic rings. The lowest BCUT2D eigenvalue weighted by atomic mass is 9.95. The van der Waals surface area contributed by atoms with Crippen LogP contribution in [0.5, 0.6) is 0 Å². The number of carbonyl (C=O) groups excluding carboxylic acids is 1. The van der Waals surface area contributed by atoms with E-state index >= 15 is 0 Å². The second-order valence-electron chi connectivity index (χ2n) is 7.37. The van der Waals surface area contributed by atoms with E-state index < -0.39 is 0 Å². The van der Waals surface area contributed by atoms with Crippen LogP contribution in [0.2, 0.25) is 0 Å². The van der Waals surface area contributed by atoms with Gasteiger partial charge in [-0.15, -0.1) is 0 Å². The van der Waals surface area contributed by atoms with Gasteiger partial charge < -0.3 is 10.2 Å². The van der Waals surface area contributed by atoms with Gasteiger partial charge in [0.15, 0.2) is 5.82 Å². The fourth-order valence-corrected chi connectivity index (χ4v) is 3.90. The highest BCUT2D eigenvalue weighted by molar-refractivity contribution is 5.82. The summed E-state index contributed by atoms with van der Waals surface area (Å²) in [5, 5.41) is 8.07. The molecule has 6 nitrogen and oxygen atoms in total. The standard InChI is InChI=1S/C19H23N5O/c25-19(16-11-14-3-1-2-4-15(14)12-20-16)23-8-7-17-21-18(13-5-6-13)22-24(17)10-9-23/h1-4,13,16,20H,5-12H2/t16-/m1/s1. The van der Waals surface area contributed by atoms with Gasteiger partial charge in [0.25, 0.3) is 0 Å². The predicted molar refractivity (Wildman–Crippen MR) is 93.1 cm³/mol. The Hall–Kier alpha value is -2.21. The summed E-state index contributed by atoms with van der Waals surface area (Å²) in [6.45, 7) is 2.99. The molecule has 0 saturated heterocycles. The van der Waals surface area contributed by atoms with Crippen molar-refractivity contribution in [3.63, 3.8) is 0 Å². The highest BCUT2D eigenvalue weighted by Crippen LogP contribution is 2.38. The summed E-state index contributed by atoms with van der Waals surface area (Å²) >= 11 is 0. The van der Waals surface area contributed by atoms with Gasteiger partial charge in [-0.25, -0.2) is 9.67 Å². The largest absolute Gasteiger partial charge is 0.339 e. The van der Waals surface area contributed by atoms with E-state index in [1.54, 1.807) is 0 Å². The molecule has 25 heavy (non-hydrogen) atoms. The summed E-state index contributed by atoms with van der Waals surface area (Å²) in [7, 11) is 0. The lowest BCUT2D eigenvalue weighted by Gasteiger charge is -2.30. The number of nitrogens with one attached hydrogen (secondary N) is 1. The minimum atomic E-state index is -0.115. The Morgan fingerprint density at radius 2 is 1.96 bits per heavy atom. The van der Waals surface area contributed by atoms with E-state index in [1.165, 1.54) is 24.0 Å². The van der Waals surface area contributed by atoms with Crippen molar-refractivity contribution >= 4 is 5.91 Å². The van der Waals surface area contributed by atoms with Gasteiger partial charge in [0.2, 0.25) is 5.91 Å². The normalized spacial score (nSPS) is 22.9. The molecule has 1 amide bonds. The molecule has 3 aliphatic rings. The molecular weight excluding hydrogens is 314 g/mol. The van der Waals surface area contributed by atoms with E-state index in [4.69, 9.17) is 4.98 Å². The highest BCUT2D eigenvalue weighted by atomic mass is 16.2. The molecule has 0 radical (unpaired) electrons. The summed E-state index contributed by atoms with van der Waals surface area (Å²) < 4.78 is 2.02. The molecule has 0 spiro atoms. The molecule has 2 aliphatic heterocycles. The van der Waals surface area contributed by atoms with Crippen LogP contribution in [0.4, 0.5) is 0 Å². The molecule has 1 aromatic heterocycles. The fourth-order valence-electron chi connectivity index (χ4n) is 3.90. The third-order valence-electron chi connectivity index (χ3n) is 5.59. The number of nitrogens with zero attached hydrogens (tertiary/aromatic N) is 4. The smallest absolute Gasteiger partial charge is 0.240 e. The second-order valence-corrected chi connectivity index (χ2v) is 7.37. The minimum Gasteiger partial charge on any atom is -0.339 e. The van der Waals surface area contributed by atoms with Gasteiger partial charge in [-0.05, 0) is 30.4 Å². The van der Waals surface area contributed by atoms with Crippen LogP contribution in [0.15, 0.2) is 24.3 Å². The van der Waals surface area contributed by atoms with Crippen molar-refractivity contribution in [2.75, 3.05) is 13.1 Å². The number of fused-ring (bicyclic) bond motifs is 2. The van der Waals surface area contributed by atoms with Crippen molar-refractivity contribution in [1.82, 2.24) is 25.0 Å². The molecule has 1 N–H and O–H groups in total. The molecule has 5 rings (SSSR count). The van der Waals surface area contributed by atoms with Crippen LogP contribution >= 0.6 is 0 Å². The van der Waals surface area contributed by atoms with Crippen LogP contribution in [0.1, 0.15) is 41.5 Å². The van der Waals surface area contributed by atoms with E-state index in [0.29, 0.717) is 5.92 Å². The summed E-state index contributed by atoms with van der Waals surface area (Å²) in [5.74, 6) is 2.85. The van der Waals surface area contributed by atoms with E-state index in [2.05, 4.69) is 34.7 Å². The Bertz CT molecular complexity index is 784. The Morgan fingerprint density at radius 1 is 1.12 bits per heavy atom. The van der Waals surface area contributed by atoms with Crippen LogP contribution in [0, 0.1) is 0 Å². The Morgan fingerprint density at radius 3 is 2.80 bits per heavy atom. The van der Waals surface area contributed by atoms with E-state index in [-0.39, 0.29) is 11.9 Å². The lowest BCUT2D eigenvalue weighted by molar-refractivity contribution is -0.133. The number of aromatic nitrogens is 3. The molecule has 1 atom stereocenters. The third-order valence-corrected chi connectivity index (χ3v) is 5.59. The maximum Gasteiger partial charge on any atom is 0.240 e. The van der Waals surface area contributed by atoms with Crippen molar-refractivity contribution in [3.05, 3.63) is 47.0 Å². The zero-order chi connectivity index (χ0) is 16.8. The van der Waals surface area contributed by atoms with E-state index in [1.807, 2.05) is 9.58 Å². The molecule has 1 saturated carbocycles.